The van der Waals surface area contributed by atoms with E-state index in [1.807, 2.05) is 6.07 Å². The van der Waals surface area contributed by atoms with Gasteiger partial charge in [-0.25, -0.2) is 0 Å². The van der Waals surface area contributed by atoms with Crippen molar-refractivity contribution in [3.63, 3.8) is 0 Å². The number of hydrogen-bond donors (Lipinski definition) is 1. The van der Waals surface area contributed by atoms with Gasteiger partial charge in [0, 0.05) is 12.0 Å². The lowest BCUT2D eigenvalue weighted by Crippen LogP contribution is -2.14. The van der Waals surface area contributed by atoms with Crippen molar-refractivity contribution >= 4 is 28.5 Å². The number of hydrogen-bond acceptors (Lipinski definition) is 6. The highest BCUT2D eigenvalue weighted by Gasteiger charge is 2.34. The van der Waals surface area contributed by atoms with Gasteiger partial charge in [-0.2, -0.15) is 0 Å². The van der Waals surface area contributed by atoms with E-state index in [1.165, 1.54) is 28.4 Å². The van der Waals surface area contributed by atoms with Crippen LogP contribution in [0.5, 0.6) is 23.0 Å². The summed E-state index contributed by atoms with van der Waals surface area (Å²) in [5.41, 5.74) is 2.39. The summed E-state index contributed by atoms with van der Waals surface area (Å²) in [7, 11) is 6.05. The predicted molar refractivity (Wildman–Crippen MR) is 107 cm³/mol. The second-order valence-electron chi connectivity index (χ2n) is 6.20. The van der Waals surface area contributed by atoms with Gasteiger partial charge in [0.2, 0.25) is 5.75 Å². The molecule has 0 spiro atoms. The molecule has 0 heterocycles. The van der Waals surface area contributed by atoms with Gasteiger partial charge in [-0.05, 0) is 41.0 Å². The fourth-order valence-electron chi connectivity index (χ4n) is 3.36. The molecule has 0 saturated carbocycles. The van der Waals surface area contributed by atoms with Crippen LogP contribution in [0, 0.1) is 0 Å². The van der Waals surface area contributed by atoms with Crippen LogP contribution in [0.2, 0.25) is 5.02 Å². The van der Waals surface area contributed by atoms with Crippen molar-refractivity contribution in [2.24, 2.45) is 0 Å². The molecule has 6 nitrogen and oxygen atoms in total. The van der Waals surface area contributed by atoms with E-state index in [9.17, 15) is 9.90 Å². The Hall–Kier alpha value is -2.70. The number of rotatable bonds is 6. The molecule has 1 N–H and O–H groups in total. The minimum atomic E-state index is -1.12. The molecular formula is C21H21ClO6. The van der Waals surface area contributed by atoms with Crippen molar-refractivity contribution in [2.45, 2.75) is 12.5 Å². The molecule has 2 aromatic rings. The Morgan fingerprint density at radius 1 is 0.893 bits per heavy atom. The number of ketones is 1. The molecule has 0 aromatic heterocycles. The number of aliphatic hydroxyl groups excluding tert-OH is 1. The van der Waals surface area contributed by atoms with Crippen LogP contribution in [0.15, 0.2) is 30.3 Å². The summed E-state index contributed by atoms with van der Waals surface area (Å²) >= 11 is 6.26. The molecular weight excluding hydrogens is 384 g/mol. The minimum Gasteiger partial charge on any atom is -0.495 e. The highest BCUT2D eigenvalue weighted by molar-refractivity contribution is 6.34. The smallest absolute Gasteiger partial charge is 0.203 e. The predicted octanol–water partition coefficient (Wildman–Crippen LogP) is 3.62. The molecule has 1 atom stereocenters. The molecule has 2 aromatic carbocycles. The number of carbonyl (C=O) groups excluding carboxylic acids is 1. The summed E-state index contributed by atoms with van der Waals surface area (Å²) in [6, 6.07) is 8.64. The van der Waals surface area contributed by atoms with Crippen molar-refractivity contribution in [1.29, 1.82) is 0 Å². The number of ether oxygens (including phenoxy) is 4. The monoisotopic (exact) mass is 404 g/mol. The lowest BCUT2D eigenvalue weighted by molar-refractivity contribution is -0.120. The molecule has 1 aliphatic carbocycles. The quantitative estimate of drug-likeness (QED) is 0.792. The van der Waals surface area contributed by atoms with E-state index in [0.29, 0.717) is 44.7 Å². The SMILES string of the molecule is COc1ccc(C2=C(c3cc(OC)c(OC)c(OC)c3)C(=O)C(O)C2)cc1Cl. The molecule has 3 rings (SSSR count). The largest absolute Gasteiger partial charge is 0.495 e. The van der Waals surface area contributed by atoms with Gasteiger partial charge in [0.1, 0.15) is 11.9 Å². The third kappa shape index (κ3) is 3.41. The maximum Gasteiger partial charge on any atom is 0.203 e. The summed E-state index contributed by atoms with van der Waals surface area (Å²) in [6.45, 7) is 0. The molecule has 0 aliphatic heterocycles. The van der Waals surface area contributed by atoms with Crippen molar-refractivity contribution in [1.82, 2.24) is 0 Å². The first-order valence-corrected chi connectivity index (χ1v) is 8.92. The fraction of sp³-hybridized carbons (Fsp3) is 0.286. The Kier molecular flexibility index (Phi) is 5.82. The summed E-state index contributed by atoms with van der Waals surface area (Å²) in [6.07, 6.45) is -0.932. The molecule has 148 valence electrons. The summed E-state index contributed by atoms with van der Waals surface area (Å²) in [4.78, 5) is 12.8. The average molecular weight is 405 g/mol. The van der Waals surface area contributed by atoms with E-state index in [0.717, 1.165) is 5.56 Å². The zero-order valence-corrected chi connectivity index (χ0v) is 16.8. The lowest BCUT2D eigenvalue weighted by atomic mass is 9.96. The second kappa shape index (κ2) is 8.12. The molecule has 28 heavy (non-hydrogen) atoms. The third-order valence-corrected chi connectivity index (χ3v) is 5.00. The normalized spacial score (nSPS) is 16.4. The van der Waals surface area contributed by atoms with Gasteiger partial charge < -0.3 is 24.1 Å². The molecule has 1 unspecified atom stereocenters. The zero-order chi connectivity index (χ0) is 20.4. The van der Waals surface area contributed by atoms with Crippen LogP contribution in [0.4, 0.5) is 0 Å². The van der Waals surface area contributed by atoms with Gasteiger partial charge in [-0.3, -0.25) is 4.79 Å². The number of aliphatic hydroxyl groups is 1. The van der Waals surface area contributed by atoms with E-state index in [2.05, 4.69) is 0 Å². The van der Waals surface area contributed by atoms with Crippen LogP contribution in [0.25, 0.3) is 11.1 Å². The number of Topliss-reactive ketones (excluding diaryl/α,β-unsaturated/α-hetero) is 1. The van der Waals surface area contributed by atoms with E-state index in [-0.39, 0.29) is 12.2 Å². The Morgan fingerprint density at radius 2 is 1.50 bits per heavy atom. The van der Waals surface area contributed by atoms with E-state index < -0.39 is 6.10 Å². The maximum absolute atomic E-state index is 12.8. The van der Waals surface area contributed by atoms with E-state index in [4.69, 9.17) is 30.5 Å². The van der Waals surface area contributed by atoms with Gasteiger partial charge in [0.15, 0.2) is 17.3 Å². The Morgan fingerprint density at radius 3 is 2.00 bits per heavy atom. The molecule has 0 amide bonds. The highest BCUT2D eigenvalue weighted by atomic mass is 35.5. The number of carbonyl (C=O) groups is 1. The summed E-state index contributed by atoms with van der Waals surface area (Å²) < 4.78 is 21.3. The molecule has 7 heteroatoms. The van der Waals surface area contributed by atoms with Gasteiger partial charge in [0.05, 0.1) is 33.5 Å². The fourth-order valence-corrected chi connectivity index (χ4v) is 3.62. The van der Waals surface area contributed by atoms with Crippen LogP contribution in [0.3, 0.4) is 0 Å². The third-order valence-electron chi connectivity index (χ3n) is 4.70. The van der Waals surface area contributed by atoms with Gasteiger partial charge >= 0.3 is 0 Å². The molecule has 0 saturated heterocycles. The Balaban J connectivity index is 2.22. The summed E-state index contributed by atoms with van der Waals surface area (Å²) in [5.74, 6) is 1.44. The van der Waals surface area contributed by atoms with Crippen LogP contribution < -0.4 is 18.9 Å². The molecule has 1 aliphatic rings. The van der Waals surface area contributed by atoms with Crippen molar-refractivity contribution in [2.75, 3.05) is 28.4 Å². The molecule has 0 bridgehead atoms. The van der Waals surface area contributed by atoms with Crippen molar-refractivity contribution in [3.05, 3.63) is 46.5 Å². The summed E-state index contributed by atoms with van der Waals surface area (Å²) in [5, 5.41) is 10.7. The lowest BCUT2D eigenvalue weighted by Gasteiger charge is -2.15. The standard InChI is InChI=1S/C21H21ClO6/c1-25-16-6-5-11(7-14(16)22)13-10-15(23)20(24)19(13)12-8-17(26-2)21(28-4)18(9-12)27-3/h5-9,15,23H,10H2,1-4H3. The zero-order valence-electron chi connectivity index (χ0n) is 16.0. The van der Waals surface area contributed by atoms with Crippen molar-refractivity contribution in [3.8, 4) is 23.0 Å². The number of halogens is 1. The first-order chi connectivity index (χ1) is 13.4. The number of benzene rings is 2. The Bertz CT molecular complexity index is 925. The maximum atomic E-state index is 12.8. The number of methoxy groups -OCH3 is 4. The van der Waals surface area contributed by atoms with Gasteiger partial charge in [-0.15, -0.1) is 0 Å². The van der Waals surface area contributed by atoms with Crippen LogP contribution in [0.1, 0.15) is 17.5 Å². The topological polar surface area (TPSA) is 74.2 Å². The van der Waals surface area contributed by atoms with Crippen LogP contribution in [-0.4, -0.2) is 45.4 Å². The van der Waals surface area contributed by atoms with Crippen molar-refractivity contribution < 1.29 is 28.8 Å². The first-order valence-electron chi connectivity index (χ1n) is 8.54. The molecule has 0 fully saturated rings. The van der Waals surface area contributed by atoms with Crippen LogP contribution in [-0.2, 0) is 4.79 Å². The molecule has 0 radical (unpaired) electrons. The first kappa shape index (κ1) is 20.0. The van der Waals surface area contributed by atoms with Gasteiger partial charge in [-0.1, -0.05) is 17.7 Å². The Labute approximate surface area is 168 Å². The minimum absolute atomic E-state index is 0.188. The van der Waals surface area contributed by atoms with Crippen LogP contribution >= 0.6 is 11.6 Å². The van der Waals surface area contributed by atoms with E-state index in [1.54, 1.807) is 24.3 Å². The average Bonchev–Trinajstić information content (AvgIpc) is 3.01. The highest BCUT2D eigenvalue weighted by Crippen LogP contribution is 2.45. The van der Waals surface area contributed by atoms with E-state index >= 15 is 0 Å². The second-order valence-corrected chi connectivity index (χ2v) is 6.61. The van der Waals surface area contributed by atoms with Gasteiger partial charge in [0.25, 0.3) is 0 Å².